The highest BCUT2D eigenvalue weighted by Gasteiger charge is 2.08. The fourth-order valence-electron chi connectivity index (χ4n) is 2.49. The molecule has 4 heteroatoms. The van der Waals surface area contributed by atoms with Crippen molar-refractivity contribution >= 4 is 11.9 Å². The Kier molecular flexibility index (Phi) is 6.52. The van der Waals surface area contributed by atoms with Gasteiger partial charge in [0.15, 0.2) is 0 Å². The predicted molar refractivity (Wildman–Crippen MR) is 97.5 cm³/mol. The van der Waals surface area contributed by atoms with Crippen LogP contribution in [-0.2, 0) is 16.0 Å². The Hall–Kier alpha value is -2.88. The molecule has 2 aromatic rings. The van der Waals surface area contributed by atoms with E-state index < -0.39 is 5.97 Å². The Balaban J connectivity index is 1.92. The molecule has 2 aromatic carbocycles. The van der Waals surface area contributed by atoms with E-state index in [9.17, 15) is 9.59 Å². The zero-order valence-corrected chi connectivity index (χ0v) is 14.3. The predicted octanol–water partition coefficient (Wildman–Crippen LogP) is 4.49. The summed E-state index contributed by atoms with van der Waals surface area (Å²) in [4.78, 5) is 22.3. The highest BCUT2D eigenvalue weighted by Crippen LogP contribution is 2.21. The fourth-order valence-corrected chi connectivity index (χ4v) is 2.49. The van der Waals surface area contributed by atoms with E-state index in [1.54, 1.807) is 24.3 Å². The molecule has 0 bridgehead atoms. The van der Waals surface area contributed by atoms with E-state index in [4.69, 9.17) is 9.84 Å². The number of rotatable bonds is 8. The van der Waals surface area contributed by atoms with Crippen LogP contribution < -0.4 is 0 Å². The highest BCUT2D eigenvalue weighted by atomic mass is 16.5. The molecule has 0 fully saturated rings. The van der Waals surface area contributed by atoms with E-state index in [1.807, 2.05) is 31.2 Å². The third-order valence-electron chi connectivity index (χ3n) is 3.90. The van der Waals surface area contributed by atoms with Crippen LogP contribution in [0.25, 0.3) is 11.1 Å². The Morgan fingerprint density at radius 1 is 1.08 bits per heavy atom. The van der Waals surface area contributed by atoms with Crippen molar-refractivity contribution in [1.29, 1.82) is 0 Å². The van der Waals surface area contributed by atoms with Gasteiger partial charge in [-0.3, -0.25) is 4.79 Å². The van der Waals surface area contributed by atoms with Crippen LogP contribution in [0.5, 0.6) is 0 Å². The third kappa shape index (κ3) is 5.60. The van der Waals surface area contributed by atoms with Gasteiger partial charge in [-0.15, -0.1) is 6.58 Å². The number of aromatic carboxylic acids is 1. The van der Waals surface area contributed by atoms with E-state index >= 15 is 0 Å². The molecule has 0 heterocycles. The minimum Gasteiger partial charge on any atom is -0.478 e. The average molecular weight is 338 g/mol. The second-order valence-corrected chi connectivity index (χ2v) is 5.91. The summed E-state index contributed by atoms with van der Waals surface area (Å²) in [5.41, 5.74) is 3.45. The first-order valence-electron chi connectivity index (χ1n) is 8.22. The van der Waals surface area contributed by atoms with Crippen LogP contribution in [0.3, 0.4) is 0 Å². The van der Waals surface area contributed by atoms with Gasteiger partial charge in [-0.25, -0.2) is 4.79 Å². The summed E-state index contributed by atoms with van der Waals surface area (Å²) in [7, 11) is 0. The molecule has 1 atom stereocenters. The number of carbonyl (C=O) groups excluding carboxylic acids is 1. The zero-order valence-electron chi connectivity index (χ0n) is 14.3. The number of ether oxygens (including phenoxy) is 1. The summed E-state index contributed by atoms with van der Waals surface area (Å²) in [5.74, 6) is -1.17. The summed E-state index contributed by atoms with van der Waals surface area (Å²) in [6.45, 7) is 5.41. The standard InChI is InChI=1S/C21H22O4/c1-3-4-20(22)25-15(2)5-6-16-7-9-17(10-8-16)18-11-13-19(14-12-18)21(23)24/h3,7-15H,1,4-6H2,2H3,(H,23,24). The van der Waals surface area contributed by atoms with E-state index in [0.29, 0.717) is 0 Å². The first kappa shape index (κ1) is 18.5. The van der Waals surface area contributed by atoms with Gasteiger partial charge >= 0.3 is 11.9 Å². The molecule has 0 radical (unpaired) electrons. The SMILES string of the molecule is C=CCC(=O)OC(C)CCc1ccc(-c2ccc(C(=O)O)cc2)cc1. The molecule has 2 rings (SSSR count). The minimum absolute atomic E-state index is 0.129. The van der Waals surface area contributed by atoms with Crippen molar-refractivity contribution in [3.8, 4) is 11.1 Å². The van der Waals surface area contributed by atoms with Gasteiger partial charge in [0.1, 0.15) is 0 Å². The van der Waals surface area contributed by atoms with Crippen LogP contribution in [0.15, 0.2) is 61.2 Å². The molecular formula is C21H22O4. The van der Waals surface area contributed by atoms with Crippen molar-refractivity contribution < 1.29 is 19.4 Å². The lowest BCUT2D eigenvalue weighted by Crippen LogP contribution is -2.14. The number of carboxylic acids is 1. The molecular weight excluding hydrogens is 316 g/mol. The molecule has 0 aliphatic rings. The molecule has 0 saturated heterocycles. The van der Waals surface area contributed by atoms with Gasteiger partial charge in [0.05, 0.1) is 18.1 Å². The van der Waals surface area contributed by atoms with Crippen LogP contribution in [0.2, 0.25) is 0 Å². The number of aryl methyl sites for hydroxylation is 1. The summed E-state index contributed by atoms with van der Waals surface area (Å²) in [6.07, 6.45) is 3.22. The maximum Gasteiger partial charge on any atom is 0.335 e. The summed E-state index contributed by atoms with van der Waals surface area (Å²) >= 11 is 0. The molecule has 0 aromatic heterocycles. The van der Waals surface area contributed by atoms with Crippen molar-refractivity contribution in [2.45, 2.75) is 32.3 Å². The Morgan fingerprint density at radius 3 is 2.16 bits per heavy atom. The van der Waals surface area contributed by atoms with Crippen molar-refractivity contribution in [3.05, 3.63) is 72.3 Å². The number of hydrogen-bond acceptors (Lipinski definition) is 3. The van der Waals surface area contributed by atoms with Crippen molar-refractivity contribution in [3.63, 3.8) is 0 Å². The lowest BCUT2D eigenvalue weighted by atomic mass is 10.0. The van der Waals surface area contributed by atoms with Crippen LogP contribution in [0, 0.1) is 0 Å². The summed E-state index contributed by atoms with van der Waals surface area (Å²) < 4.78 is 5.28. The molecule has 1 N–H and O–H groups in total. The molecule has 0 spiro atoms. The molecule has 25 heavy (non-hydrogen) atoms. The smallest absolute Gasteiger partial charge is 0.335 e. The van der Waals surface area contributed by atoms with E-state index in [2.05, 4.69) is 6.58 Å². The summed E-state index contributed by atoms with van der Waals surface area (Å²) in [5, 5.41) is 8.93. The first-order chi connectivity index (χ1) is 12.0. The van der Waals surface area contributed by atoms with Gasteiger partial charge in [-0.1, -0.05) is 42.5 Å². The molecule has 0 amide bonds. The zero-order chi connectivity index (χ0) is 18.2. The molecule has 0 saturated carbocycles. The quantitative estimate of drug-likeness (QED) is 0.569. The number of hydrogen-bond donors (Lipinski definition) is 1. The van der Waals surface area contributed by atoms with Crippen LogP contribution in [0.4, 0.5) is 0 Å². The molecule has 130 valence electrons. The number of carboxylic acid groups (broad SMARTS) is 1. The van der Waals surface area contributed by atoms with Crippen molar-refractivity contribution in [2.75, 3.05) is 0 Å². The van der Waals surface area contributed by atoms with E-state index in [-0.39, 0.29) is 24.1 Å². The lowest BCUT2D eigenvalue weighted by Gasteiger charge is -2.12. The fraction of sp³-hybridized carbons (Fsp3) is 0.238. The first-order valence-corrected chi connectivity index (χ1v) is 8.22. The van der Waals surface area contributed by atoms with Gasteiger partial charge in [-0.2, -0.15) is 0 Å². The Morgan fingerprint density at radius 2 is 1.64 bits per heavy atom. The van der Waals surface area contributed by atoms with Gasteiger partial charge < -0.3 is 9.84 Å². The second kappa shape index (κ2) is 8.83. The maximum absolute atomic E-state index is 11.4. The number of benzene rings is 2. The van der Waals surface area contributed by atoms with Crippen molar-refractivity contribution in [2.24, 2.45) is 0 Å². The van der Waals surface area contributed by atoms with Crippen LogP contribution in [0.1, 0.15) is 35.7 Å². The maximum atomic E-state index is 11.4. The van der Waals surface area contributed by atoms with Gasteiger partial charge in [-0.05, 0) is 48.6 Å². The van der Waals surface area contributed by atoms with E-state index in [1.165, 1.54) is 6.08 Å². The summed E-state index contributed by atoms with van der Waals surface area (Å²) in [6, 6.07) is 14.9. The third-order valence-corrected chi connectivity index (χ3v) is 3.90. The second-order valence-electron chi connectivity index (χ2n) is 5.91. The van der Waals surface area contributed by atoms with E-state index in [0.717, 1.165) is 29.5 Å². The van der Waals surface area contributed by atoms with Crippen molar-refractivity contribution in [1.82, 2.24) is 0 Å². The van der Waals surface area contributed by atoms with Gasteiger partial charge in [0.2, 0.25) is 0 Å². The molecule has 4 nitrogen and oxygen atoms in total. The molecule has 0 aliphatic carbocycles. The van der Waals surface area contributed by atoms with Gasteiger partial charge in [0, 0.05) is 0 Å². The Labute approximate surface area is 147 Å². The van der Waals surface area contributed by atoms with Crippen LogP contribution in [-0.4, -0.2) is 23.1 Å². The number of carbonyl (C=O) groups is 2. The minimum atomic E-state index is -0.926. The molecule has 0 aliphatic heterocycles. The normalized spacial score (nSPS) is 11.6. The van der Waals surface area contributed by atoms with Gasteiger partial charge in [0.25, 0.3) is 0 Å². The largest absolute Gasteiger partial charge is 0.478 e. The topological polar surface area (TPSA) is 63.6 Å². The average Bonchev–Trinajstić information content (AvgIpc) is 2.60. The molecule has 1 unspecified atom stereocenters. The number of esters is 1. The Bertz CT molecular complexity index is 729. The van der Waals surface area contributed by atoms with Crippen LogP contribution >= 0.6 is 0 Å². The lowest BCUT2D eigenvalue weighted by molar-refractivity contribution is -0.147. The highest BCUT2D eigenvalue weighted by molar-refractivity contribution is 5.88. The monoisotopic (exact) mass is 338 g/mol.